The topological polar surface area (TPSA) is 62.2 Å². The summed E-state index contributed by atoms with van der Waals surface area (Å²) >= 11 is 1.69. The molecule has 4 aliphatic rings. The number of thioether (sulfide) groups is 1. The second-order valence-electron chi connectivity index (χ2n) is 7.36. The summed E-state index contributed by atoms with van der Waals surface area (Å²) in [6.07, 6.45) is 4.88. The molecule has 3 heterocycles. The molecule has 0 radical (unpaired) electrons. The van der Waals surface area contributed by atoms with Gasteiger partial charge in [-0.2, -0.15) is 4.31 Å². The third-order valence-corrected chi connectivity index (χ3v) is 8.57. The molecule has 1 saturated heterocycles. The van der Waals surface area contributed by atoms with Crippen LogP contribution in [0.5, 0.6) is 0 Å². The highest BCUT2D eigenvalue weighted by Gasteiger charge is 2.42. The molecule has 8 heteroatoms. The SMILES string of the molecule is O=S(=O)(c1ccc(C2=CSC3=N[C@@H]4CCCC[C@@H]4N23)cc1)N1CCOCC1. The number of nitrogens with zero attached hydrogens (tertiary/aromatic N) is 3. The number of amidine groups is 1. The minimum Gasteiger partial charge on any atom is -0.379 e. The van der Waals surface area contributed by atoms with Crippen LogP contribution in [0.15, 0.2) is 39.6 Å². The molecule has 0 bridgehead atoms. The number of hydrogen-bond donors (Lipinski definition) is 0. The van der Waals surface area contributed by atoms with Crippen molar-refractivity contribution in [2.24, 2.45) is 4.99 Å². The standard InChI is InChI=1S/C19H23N3O3S2/c23-27(24,21-9-11-25-12-10-21)15-7-5-14(6-8-15)18-13-26-19-20-16-3-1-2-4-17(16)22(18)19/h5-8,13,16-17H,1-4,9-12H2/t16-,17+/m1/s1. The van der Waals surface area contributed by atoms with Gasteiger partial charge in [-0.15, -0.1) is 0 Å². The summed E-state index contributed by atoms with van der Waals surface area (Å²) in [5.74, 6) is 0. The maximum absolute atomic E-state index is 12.8. The van der Waals surface area contributed by atoms with Crippen LogP contribution in [0.3, 0.4) is 0 Å². The summed E-state index contributed by atoms with van der Waals surface area (Å²) in [7, 11) is -3.45. The zero-order valence-electron chi connectivity index (χ0n) is 15.1. The van der Waals surface area contributed by atoms with Crippen LogP contribution in [0.1, 0.15) is 31.2 Å². The van der Waals surface area contributed by atoms with Gasteiger partial charge in [-0.05, 0) is 30.5 Å². The van der Waals surface area contributed by atoms with E-state index in [1.54, 1.807) is 23.9 Å². The second kappa shape index (κ2) is 6.92. The van der Waals surface area contributed by atoms with E-state index in [4.69, 9.17) is 9.73 Å². The van der Waals surface area contributed by atoms with Crippen molar-refractivity contribution in [1.82, 2.24) is 9.21 Å². The minimum atomic E-state index is -3.45. The molecule has 3 aliphatic heterocycles. The molecular formula is C19H23N3O3S2. The molecule has 2 atom stereocenters. The smallest absolute Gasteiger partial charge is 0.243 e. The van der Waals surface area contributed by atoms with E-state index in [1.807, 2.05) is 12.1 Å². The van der Waals surface area contributed by atoms with Crippen LogP contribution in [-0.4, -0.2) is 61.2 Å². The first-order valence-corrected chi connectivity index (χ1v) is 11.9. The van der Waals surface area contributed by atoms with E-state index in [2.05, 4.69) is 10.3 Å². The van der Waals surface area contributed by atoms with Gasteiger partial charge in [0.25, 0.3) is 0 Å². The first-order chi connectivity index (χ1) is 13.1. The highest BCUT2D eigenvalue weighted by atomic mass is 32.2. The number of morpholine rings is 1. The van der Waals surface area contributed by atoms with E-state index in [1.165, 1.54) is 30.0 Å². The fourth-order valence-corrected chi connectivity index (χ4v) is 6.78. The predicted molar refractivity (Wildman–Crippen MR) is 107 cm³/mol. The summed E-state index contributed by atoms with van der Waals surface area (Å²) in [6.45, 7) is 1.76. The van der Waals surface area contributed by atoms with E-state index in [0.29, 0.717) is 43.3 Å². The molecule has 0 aromatic heterocycles. The number of fused-ring (bicyclic) bond motifs is 3. The highest BCUT2D eigenvalue weighted by molar-refractivity contribution is 8.16. The number of ether oxygens (including phenoxy) is 1. The van der Waals surface area contributed by atoms with E-state index < -0.39 is 10.0 Å². The average molecular weight is 406 g/mol. The van der Waals surface area contributed by atoms with Gasteiger partial charge in [0.2, 0.25) is 10.0 Å². The van der Waals surface area contributed by atoms with E-state index in [-0.39, 0.29) is 0 Å². The molecule has 0 unspecified atom stereocenters. The zero-order valence-corrected chi connectivity index (χ0v) is 16.7. The monoisotopic (exact) mass is 405 g/mol. The lowest BCUT2D eigenvalue weighted by atomic mass is 9.90. The maximum Gasteiger partial charge on any atom is 0.243 e. The third-order valence-electron chi connectivity index (χ3n) is 5.80. The van der Waals surface area contributed by atoms with E-state index >= 15 is 0 Å². The molecule has 2 fully saturated rings. The molecule has 27 heavy (non-hydrogen) atoms. The van der Waals surface area contributed by atoms with Crippen molar-refractivity contribution in [2.45, 2.75) is 42.7 Å². The maximum atomic E-state index is 12.8. The van der Waals surface area contributed by atoms with Gasteiger partial charge in [0, 0.05) is 18.5 Å². The molecule has 0 spiro atoms. The fraction of sp³-hybridized carbons (Fsp3) is 0.526. The molecule has 144 valence electrons. The Labute approximate surface area is 164 Å². The van der Waals surface area contributed by atoms with E-state index in [9.17, 15) is 8.42 Å². The van der Waals surface area contributed by atoms with Crippen LogP contribution in [0.4, 0.5) is 0 Å². The molecule has 0 amide bonds. The highest BCUT2D eigenvalue weighted by Crippen LogP contribution is 2.44. The lowest BCUT2D eigenvalue weighted by Gasteiger charge is -2.32. The number of hydrogen-bond acceptors (Lipinski definition) is 6. The Morgan fingerprint density at radius 3 is 2.59 bits per heavy atom. The van der Waals surface area contributed by atoms with Gasteiger partial charge >= 0.3 is 0 Å². The molecule has 5 rings (SSSR count). The molecule has 1 aromatic rings. The Bertz CT molecular complexity index is 889. The average Bonchev–Trinajstić information content (AvgIpc) is 3.28. The van der Waals surface area contributed by atoms with Gasteiger partial charge in [-0.3, -0.25) is 4.99 Å². The molecule has 1 aliphatic carbocycles. The lowest BCUT2D eigenvalue weighted by Crippen LogP contribution is -2.40. The van der Waals surface area contributed by atoms with Crippen LogP contribution in [-0.2, 0) is 14.8 Å². The molecular weight excluding hydrogens is 382 g/mol. The van der Waals surface area contributed by atoms with Gasteiger partial charge < -0.3 is 9.64 Å². The largest absolute Gasteiger partial charge is 0.379 e. The van der Waals surface area contributed by atoms with Gasteiger partial charge in [0.15, 0.2) is 5.17 Å². The van der Waals surface area contributed by atoms with E-state index in [0.717, 1.165) is 16.4 Å². The van der Waals surface area contributed by atoms with Crippen molar-refractivity contribution >= 4 is 32.6 Å². The van der Waals surface area contributed by atoms with Crippen molar-refractivity contribution in [1.29, 1.82) is 0 Å². The lowest BCUT2D eigenvalue weighted by molar-refractivity contribution is 0.0730. The van der Waals surface area contributed by atoms with Crippen molar-refractivity contribution in [3.63, 3.8) is 0 Å². The molecule has 1 saturated carbocycles. The van der Waals surface area contributed by atoms with Crippen LogP contribution in [0, 0.1) is 0 Å². The molecule has 6 nitrogen and oxygen atoms in total. The number of sulfonamides is 1. The Morgan fingerprint density at radius 1 is 1.07 bits per heavy atom. The van der Waals surface area contributed by atoms with Crippen molar-refractivity contribution < 1.29 is 13.2 Å². The summed E-state index contributed by atoms with van der Waals surface area (Å²) in [5, 5.41) is 3.25. The molecule has 1 aromatic carbocycles. The summed E-state index contributed by atoms with van der Waals surface area (Å²) < 4.78 is 32.4. The van der Waals surface area contributed by atoms with Crippen molar-refractivity contribution in [3.05, 3.63) is 35.2 Å². The van der Waals surface area contributed by atoms with Crippen LogP contribution < -0.4 is 0 Å². The quantitative estimate of drug-likeness (QED) is 0.774. The Kier molecular flexibility index (Phi) is 4.54. The number of rotatable bonds is 3. The first kappa shape index (κ1) is 17.7. The fourth-order valence-electron chi connectivity index (χ4n) is 4.36. The van der Waals surface area contributed by atoms with Crippen LogP contribution >= 0.6 is 11.8 Å². The third kappa shape index (κ3) is 3.03. The number of aliphatic imine (C=N–C) groups is 1. The summed E-state index contributed by atoms with van der Waals surface area (Å²) in [5.41, 5.74) is 2.21. The van der Waals surface area contributed by atoms with Crippen molar-refractivity contribution in [3.8, 4) is 0 Å². The van der Waals surface area contributed by atoms with Gasteiger partial charge in [0.05, 0.1) is 35.9 Å². The predicted octanol–water partition coefficient (Wildman–Crippen LogP) is 2.74. The van der Waals surface area contributed by atoms with Crippen LogP contribution in [0.25, 0.3) is 5.70 Å². The summed E-state index contributed by atoms with van der Waals surface area (Å²) in [6, 6.07) is 8.21. The number of benzene rings is 1. The van der Waals surface area contributed by atoms with Gasteiger partial charge in [0.1, 0.15) is 0 Å². The second-order valence-corrected chi connectivity index (χ2v) is 10.1. The molecule has 0 N–H and O–H groups in total. The Hall–Kier alpha value is -1.35. The van der Waals surface area contributed by atoms with Gasteiger partial charge in [-0.1, -0.05) is 36.7 Å². The van der Waals surface area contributed by atoms with Gasteiger partial charge in [-0.25, -0.2) is 8.42 Å². The first-order valence-electron chi connectivity index (χ1n) is 9.57. The van der Waals surface area contributed by atoms with Crippen molar-refractivity contribution in [2.75, 3.05) is 26.3 Å². The minimum absolute atomic E-state index is 0.352. The zero-order chi connectivity index (χ0) is 18.4. The van der Waals surface area contributed by atoms with Crippen LogP contribution in [0.2, 0.25) is 0 Å². The Morgan fingerprint density at radius 2 is 1.81 bits per heavy atom. The Balaban J connectivity index is 1.39. The summed E-state index contributed by atoms with van der Waals surface area (Å²) in [4.78, 5) is 7.63. The normalized spacial score (nSPS) is 28.5.